The van der Waals surface area contributed by atoms with Crippen LogP contribution in [0.15, 0.2) is 84.9 Å². The molecule has 0 unspecified atom stereocenters. The minimum Gasteiger partial charge on any atom is -0.0616 e. The van der Waals surface area contributed by atoms with E-state index in [9.17, 15) is 0 Å². The first-order valence-electron chi connectivity index (χ1n) is 8.84. The monoisotopic (exact) mass is 316 g/mol. The molecule has 0 aliphatic heterocycles. The summed E-state index contributed by atoms with van der Waals surface area (Å²) in [7, 11) is 0. The lowest BCUT2D eigenvalue weighted by atomic mass is 9.94. The fourth-order valence-electron chi connectivity index (χ4n) is 4.55. The molecule has 0 spiro atoms. The fraction of sp³-hybridized carbons (Fsp3) is 0.0400. The highest BCUT2D eigenvalue weighted by atomic mass is 14.3. The van der Waals surface area contributed by atoms with E-state index in [1.807, 2.05) is 0 Å². The predicted octanol–water partition coefficient (Wildman–Crippen LogP) is 6.72. The van der Waals surface area contributed by atoms with Gasteiger partial charge in [-0.25, -0.2) is 0 Å². The summed E-state index contributed by atoms with van der Waals surface area (Å²) in [6.07, 6.45) is 1.03. The second-order valence-corrected chi connectivity index (χ2v) is 6.97. The van der Waals surface area contributed by atoms with Crippen LogP contribution in [0.3, 0.4) is 0 Å². The standard InChI is InChI=1S/C25H16/c1-3-7-19-16(5-1)11-12-22-21(19)13-14-23-24(22)15-18-10-9-17-6-2-4-8-20(17)25(18)23/h1-14H,15H2. The zero-order valence-electron chi connectivity index (χ0n) is 13.8. The van der Waals surface area contributed by atoms with Gasteiger partial charge in [0.25, 0.3) is 0 Å². The highest BCUT2D eigenvalue weighted by Gasteiger charge is 2.22. The quantitative estimate of drug-likeness (QED) is 0.273. The summed E-state index contributed by atoms with van der Waals surface area (Å²) in [4.78, 5) is 0. The van der Waals surface area contributed by atoms with Crippen LogP contribution in [0.5, 0.6) is 0 Å². The van der Waals surface area contributed by atoms with Crippen LogP contribution in [0, 0.1) is 0 Å². The Morgan fingerprint density at radius 2 is 1.16 bits per heavy atom. The molecule has 5 aromatic rings. The maximum absolute atomic E-state index is 2.34. The molecule has 0 heteroatoms. The average Bonchev–Trinajstić information content (AvgIpc) is 3.07. The van der Waals surface area contributed by atoms with Crippen molar-refractivity contribution in [2.24, 2.45) is 0 Å². The molecule has 1 aliphatic rings. The Morgan fingerprint density at radius 3 is 2.04 bits per heavy atom. The maximum atomic E-state index is 2.34. The normalized spacial score (nSPS) is 12.6. The molecule has 0 bridgehead atoms. The third kappa shape index (κ3) is 1.71. The van der Waals surface area contributed by atoms with Crippen LogP contribution in [-0.4, -0.2) is 0 Å². The summed E-state index contributed by atoms with van der Waals surface area (Å²) in [6, 6.07) is 31.2. The summed E-state index contributed by atoms with van der Waals surface area (Å²) in [5.74, 6) is 0. The first kappa shape index (κ1) is 13.2. The van der Waals surface area contributed by atoms with Crippen molar-refractivity contribution >= 4 is 32.3 Å². The van der Waals surface area contributed by atoms with Crippen molar-refractivity contribution in [1.29, 1.82) is 0 Å². The van der Waals surface area contributed by atoms with E-state index in [0.717, 1.165) is 6.42 Å². The van der Waals surface area contributed by atoms with Crippen LogP contribution < -0.4 is 0 Å². The van der Waals surface area contributed by atoms with Crippen LogP contribution in [-0.2, 0) is 6.42 Å². The first-order chi connectivity index (χ1) is 12.4. The minimum atomic E-state index is 1.03. The zero-order chi connectivity index (χ0) is 16.4. The highest BCUT2D eigenvalue weighted by molar-refractivity contribution is 6.12. The Bertz CT molecular complexity index is 1310. The van der Waals surface area contributed by atoms with Gasteiger partial charge in [0, 0.05) is 0 Å². The van der Waals surface area contributed by atoms with Crippen LogP contribution in [0.4, 0.5) is 0 Å². The van der Waals surface area contributed by atoms with Crippen molar-refractivity contribution in [2.45, 2.75) is 6.42 Å². The van der Waals surface area contributed by atoms with E-state index in [1.165, 1.54) is 54.6 Å². The second-order valence-electron chi connectivity index (χ2n) is 6.97. The fourth-order valence-corrected chi connectivity index (χ4v) is 4.55. The smallest absolute Gasteiger partial charge is 0.000705 e. The van der Waals surface area contributed by atoms with Gasteiger partial charge in [-0.15, -0.1) is 0 Å². The van der Waals surface area contributed by atoms with Crippen molar-refractivity contribution in [3.63, 3.8) is 0 Å². The molecule has 0 saturated heterocycles. The topological polar surface area (TPSA) is 0 Å². The van der Waals surface area contributed by atoms with E-state index in [4.69, 9.17) is 0 Å². The molecular formula is C25H16. The first-order valence-corrected chi connectivity index (χ1v) is 8.84. The van der Waals surface area contributed by atoms with E-state index >= 15 is 0 Å². The van der Waals surface area contributed by atoms with Crippen molar-refractivity contribution in [2.75, 3.05) is 0 Å². The maximum Gasteiger partial charge on any atom is -0.000705 e. The molecule has 1 aliphatic carbocycles. The highest BCUT2D eigenvalue weighted by Crippen LogP contribution is 2.44. The molecule has 6 rings (SSSR count). The van der Waals surface area contributed by atoms with Gasteiger partial charge in [-0.3, -0.25) is 0 Å². The van der Waals surface area contributed by atoms with Crippen molar-refractivity contribution in [3.8, 4) is 11.1 Å². The van der Waals surface area contributed by atoms with Crippen LogP contribution in [0.1, 0.15) is 11.1 Å². The Labute approximate surface area is 146 Å². The lowest BCUT2D eigenvalue weighted by molar-refractivity contribution is 1.29. The molecule has 25 heavy (non-hydrogen) atoms. The number of hydrogen-bond donors (Lipinski definition) is 0. The molecule has 0 nitrogen and oxygen atoms in total. The van der Waals surface area contributed by atoms with Crippen LogP contribution in [0.25, 0.3) is 43.4 Å². The summed E-state index contributed by atoms with van der Waals surface area (Å²) < 4.78 is 0. The summed E-state index contributed by atoms with van der Waals surface area (Å²) >= 11 is 0. The lowest BCUT2D eigenvalue weighted by Gasteiger charge is -2.10. The van der Waals surface area contributed by atoms with Crippen LogP contribution in [0.2, 0.25) is 0 Å². The molecule has 5 aromatic carbocycles. The third-order valence-electron chi connectivity index (χ3n) is 5.69. The van der Waals surface area contributed by atoms with E-state index in [-0.39, 0.29) is 0 Å². The van der Waals surface area contributed by atoms with Gasteiger partial charge in [0.1, 0.15) is 0 Å². The molecular weight excluding hydrogens is 300 g/mol. The molecule has 0 atom stereocenters. The minimum absolute atomic E-state index is 1.03. The van der Waals surface area contributed by atoms with Crippen molar-refractivity contribution < 1.29 is 0 Å². The largest absolute Gasteiger partial charge is 0.0616 e. The molecule has 116 valence electrons. The number of fused-ring (bicyclic) bond motifs is 9. The van der Waals surface area contributed by atoms with Gasteiger partial charge in [-0.2, -0.15) is 0 Å². The molecule has 0 radical (unpaired) electrons. The van der Waals surface area contributed by atoms with Gasteiger partial charge in [-0.05, 0) is 61.0 Å². The summed E-state index contributed by atoms with van der Waals surface area (Å²) in [5, 5.41) is 8.14. The summed E-state index contributed by atoms with van der Waals surface area (Å²) in [6.45, 7) is 0. The lowest BCUT2D eigenvalue weighted by Crippen LogP contribution is -1.85. The van der Waals surface area contributed by atoms with Crippen LogP contribution >= 0.6 is 0 Å². The van der Waals surface area contributed by atoms with Gasteiger partial charge in [-0.1, -0.05) is 84.9 Å². The van der Waals surface area contributed by atoms with Gasteiger partial charge in [0.05, 0.1) is 0 Å². The Kier molecular flexibility index (Phi) is 2.48. The Balaban J connectivity index is 1.74. The van der Waals surface area contributed by atoms with E-state index in [2.05, 4.69) is 84.9 Å². The number of hydrogen-bond acceptors (Lipinski definition) is 0. The summed E-state index contributed by atoms with van der Waals surface area (Å²) in [5.41, 5.74) is 5.78. The van der Waals surface area contributed by atoms with Crippen molar-refractivity contribution in [1.82, 2.24) is 0 Å². The SMILES string of the molecule is c1ccc2c3c(ccc2c1)Cc1c-3ccc2c1ccc1ccccc12. The number of rotatable bonds is 0. The van der Waals surface area contributed by atoms with Gasteiger partial charge in [0.15, 0.2) is 0 Å². The van der Waals surface area contributed by atoms with Crippen molar-refractivity contribution in [3.05, 3.63) is 96.1 Å². The Hall–Kier alpha value is -3.12. The third-order valence-corrected chi connectivity index (χ3v) is 5.69. The molecule has 0 fully saturated rings. The Morgan fingerprint density at radius 1 is 0.480 bits per heavy atom. The van der Waals surface area contributed by atoms with Gasteiger partial charge >= 0.3 is 0 Å². The number of benzene rings is 5. The van der Waals surface area contributed by atoms with E-state index < -0.39 is 0 Å². The molecule has 0 aromatic heterocycles. The van der Waals surface area contributed by atoms with E-state index in [0.29, 0.717) is 0 Å². The average molecular weight is 316 g/mol. The molecule has 0 heterocycles. The van der Waals surface area contributed by atoms with Gasteiger partial charge < -0.3 is 0 Å². The molecule has 0 amide bonds. The van der Waals surface area contributed by atoms with Gasteiger partial charge in [0.2, 0.25) is 0 Å². The second kappa shape index (κ2) is 4.70. The van der Waals surface area contributed by atoms with E-state index in [1.54, 1.807) is 0 Å². The molecule has 0 saturated carbocycles. The zero-order valence-corrected chi connectivity index (χ0v) is 13.8. The molecule has 0 N–H and O–H groups in total. The predicted molar refractivity (Wildman–Crippen MR) is 107 cm³/mol.